The van der Waals surface area contributed by atoms with Crippen molar-refractivity contribution >= 4 is 0 Å². The Balaban J connectivity index is 1.76. The van der Waals surface area contributed by atoms with Crippen LogP contribution >= 0.6 is 0 Å². The molecule has 1 aromatic carbocycles. The maximum Gasteiger partial charge on any atom is 0.0366 e. The van der Waals surface area contributed by atoms with Gasteiger partial charge in [-0.3, -0.25) is 0 Å². The van der Waals surface area contributed by atoms with Crippen LogP contribution in [-0.4, -0.2) is 24.5 Å². The zero-order chi connectivity index (χ0) is 12.4. The number of hydrogen-bond donors (Lipinski definition) is 1. The highest BCUT2D eigenvalue weighted by Crippen LogP contribution is 2.22. The van der Waals surface area contributed by atoms with Crippen LogP contribution in [0.15, 0.2) is 42.1 Å². The van der Waals surface area contributed by atoms with E-state index in [1.54, 1.807) is 0 Å². The molecule has 0 unspecified atom stereocenters. The van der Waals surface area contributed by atoms with Crippen LogP contribution in [0.4, 0.5) is 0 Å². The second kappa shape index (κ2) is 4.99. The van der Waals surface area contributed by atoms with E-state index in [0.29, 0.717) is 0 Å². The van der Waals surface area contributed by atoms with E-state index >= 15 is 0 Å². The lowest BCUT2D eigenvalue weighted by Crippen LogP contribution is -2.26. The molecule has 2 nitrogen and oxygen atoms in total. The maximum atomic E-state index is 5.63. The summed E-state index contributed by atoms with van der Waals surface area (Å²) in [5, 5.41) is 0. The van der Waals surface area contributed by atoms with Crippen molar-refractivity contribution in [2.75, 3.05) is 19.6 Å². The van der Waals surface area contributed by atoms with Gasteiger partial charge in [0, 0.05) is 18.8 Å². The fourth-order valence-electron chi connectivity index (χ4n) is 2.75. The van der Waals surface area contributed by atoms with Gasteiger partial charge >= 0.3 is 0 Å². The summed E-state index contributed by atoms with van der Waals surface area (Å²) >= 11 is 0. The number of benzene rings is 1. The van der Waals surface area contributed by atoms with Crippen molar-refractivity contribution in [3.63, 3.8) is 0 Å². The van der Waals surface area contributed by atoms with Crippen molar-refractivity contribution in [1.82, 2.24) is 4.90 Å². The molecule has 1 heterocycles. The lowest BCUT2D eigenvalue weighted by atomic mass is 9.99. The monoisotopic (exact) mass is 240 g/mol. The van der Waals surface area contributed by atoms with Crippen LogP contribution < -0.4 is 5.73 Å². The molecule has 0 radical (unpaired) electrons. The van der Waals surface area contributed by atoms with Crippen molar-refractivity contribution in [2.45, 2.75) is 19.3 Å². The standard InChI is InChI=1S/C16H20N2/c17-9-6-13-4-5-14-7-10-18(16-2-1-3-16)11-8-15(14)12-13/h1-5,12H,6-11,17H2. The van der Waals surface area contributed by atoms with Crippen molar-refractivity contribution < 1.29 is 0 Å². The Morgan fingerprint density at radius 3 is 2.56 bits per heavy atom. The molecule has 1 aliphatic carbocycles. The molecule has 1 aliphatic heterocycles. The van der Waals surface area contributed by atoms with E-state index < -0.39 is 0 Å². The zero-order valence-corrected chi connectivity index (χ0v) is 10.7. The summed E-state index contributed by atoms with van der Waals surface area (Å²) in [6.45, 7) is 3.01. The van der Waals surface area contributed by atoms with Crippen LogP contribution in [0.25, 0.3) is 0 Å². The van der Waals surface area contributed by atoms with Crippen molar-refractivity contribution in [3.05, 3.63) is 58.8 Å². The first-order valence-electron chi connectivity index (χ1n) is 6.81. The first-order valence-corrected chi connectivity index (χ1v) is 6.81. The Morgan fingerprint density at radius 1 is 1.11 bits per heavy atom. The van der Waals surface area contributed by atoms with E-state index in [4.69, 9.17) is 5.73 Å². The number of rotatable bonds is 3. The minimum absolute atomic E-state index is 0.739. The van der Waals surface area contributed by atoms with Crippen LogP contribution in [0.3, 0.4) is 0 Å². The summed E-state index contributed by atoms with van der Waals surface area (Å²) in [5.74, 6) is 0. The van der Waals surface area contributed by atoms with Crippen LogP contribution in [0, 0.1) is 0 Å². The van der Waals surface area contributed by atoms with Crippen LogP contribution in [0.5, 0.6) is 0 Å². The molecule has 0 spiro atoms. The molecule has 0 aromatic heterocycles. The molecule has 1 aromatic rings. The van der Waals surface area contributed by atoms with Gasteiger partial charge in [0.05, 0.1) is 0 Å². The number of nitrogens with two attached hydrogens (primary N) is 1. The van der Waals surface area contributed by atoms with Gasteiger partial charge in [0.1, 0.15) is 0 Å². The van der Waals surface area contributed by atoms with Gasteiger partial charge in [-0.05, 0) is 54.6 Å². The fourth-order valence-corrected chi connectivity index (χ4v) is 2.75. The number of fused-ring (bicyclic) bond motifs is 1. The molecule has 18 heavy (non-hydrogen) atoms. The molecule has 0 saturated carbocycles. The summed E-state index contributed by atoms with van der Waals surface area (Å²) in [6, 6.07) is 6.90. The SMILES string of the molecule is NCCc1ccc2c(c1)CCN(C1=CC=C1)CC2. The van der Waals surface area contributed by atoms with Gasteiger partial charge in [-0.2, -0.15) is 0 Å². The summed E-state index contributed by atoms with van der Waals surface area (Å²) < 4.78 is 0. The molecule has 2 aliphatic rings. The second-order valence-electron chi connectivity index (χ2n) is 5.08. The van der Waals surface area contributed by atoms with Crippen LogP contribution in [0.1, 0.15) is 16.7 Å². The molecular weight excluding hydrogens is 220 g/mol. The predicted molar refractivity (Wildman–Crippen MR) is 75.4 cm³/mol. The predicted octanol–water partition coefficient (Wildman–Crippen LogP) is 2.04. The molecule has 2 N–H and O–H groups in total. The third-order valence-corrected chi connectivity index (χ3v) is 3.90. The van der Waals surface area contributed by atoms with E-state index in [0.717, 1.165) is 38.9 Å². The van der Waals surface area contributed by atoms with E-state index in [9.17, 15) is 0 Å². The Morgan fingerprint density at radius 2 is 1.89 bits per heavy atom. The lowest BCUT2D eigenvalue weighted by Gasteiger charge is -2.26. The second-order valence-corrected chi connectivity index (χ2v) is 5.08. The molecule has 94 valence electrons. The Bertz CT molecular complexity index is 500. The van der Waals surface area contributed by atoms with Crippen molar-refractivity contribution in [1.29, 1.82) is 0 Å². The summed E-state index contributed by atoms with van der Waals surface area (Å²) in [7, 11) is 0. The fraction of sp³-hybridized carbons (Fsp3) is 0.375. The van der Waals surface area contributed by atoms with Gasteiger partial charge in [0.15, 0.2) is 0 Å². The topological polar surface area (TPSA) is 29.3 Å². The first kappa shape index (κ1) is 11.5. The quantitative estimate of drug-likeness (QED) is 0.876. The molecule has 0 atom stereocenters. The minimum Gasteiger partial charge on any atom is -0.371 e. The highest BCUT2D eigenvalue weighted by molar-refractivity contribution is 5.37. The third-order valence-electron chi connectivity index (χ3n) is 3.90. The van der Waals surface area contributed by atoms with Crippen LogP contribution in [0.2, 0.25) is 0 Å². The Hall–Kier alpha value is -1.54. The van der Waals surface area contributed by atoms with E-state index in [1.807, 2.05) is 0 Å². The molecule has 3 rings (SSSR count). The van der Waals surface area contributed by atoms with E-state index in [1.165, 1.54) is 22.4 Å². The number of hydrogen-bond acceptors (Lipinski definition) is 2. The molecular formula is C16H20N2. The number of allylic oxidation sites excluding steroid dienone is 3. The van der Waals surface area contributed by atoms with Gasteiger partial charge in [0.25, 0.3) is 0 Å². The summed E-state index contributed by atoms with van der Waals surface area (Å²) in [4.78, 5) is 2.49. The highest BCUT2D eigenvalue weighted by atomic mass is 15.1. The molecule has 0 amide bonds. The minimum atomic E-state index is 0.739. The van der Waals surface area contributed by atoms with Gasteiger partial charge < -0.3 is 10.6 Å². The van der Waals surface area contributed by atoms with Crippen LogP contribution in [-0.2, 0) is 19.3 Å². The largest absolute Gasteiger partial charge is 0.371 e. The maximum absolute atomic E-state index is 5.63. The average Bonchev–Trinajstić information content (AvgIpc) is 2.51. The Labute approximate surface area is 109 Å². The lowest BCUT2D eigenvalue weighted by molar-refractivity contribution is 0.370. The smallest absolute Gasteiger partial charge is 0.0366 e. The number of nitrogens with zero attached hydrogens (tertiary/aromatic N) is 1. The summed E-state index contributed by atoms with van der Waals surface area (Å²) in [6.07, 6.45) is 9.83. The molecule has 2 heteroatoms. The summed E-state index contributed by atoms with van der Waals surface area (Å²) in [5.41, 5.74) is 11.4. The Kier molecular flexibility index (Phi) is 3.20. The normalized spacial score (nSPS) is 17.8. The molecule has 0 bridgehead atoms. The average molecular weight is 240 g/mol. The zero-order valence-electron chi connectivity index (χ0n) is 10.7. The van der Waals surface area contributed by atoms with Gasteiger partial charge in [-0.25, -0.2) is 0 Å². The van der Waals surface area contributed by atoms with Crippen molar-refractivity contribution in [3.8, 4) is 0 Å². The van der Waals surface area contributed by atoms with Gasteiger partial charge in [-0.1, -0.05) is 24.3 Å². The van der Waals surface area contributed by atoms with Gasteiger partial charge in [-0.15, -0.1) is 0 Å². The van der Waals surface area contributed by atoms with Crippen molar-refractivity contribution in [2.24, 2.45) is 5.73 Å². The third kappa shape index (κ3) is 2.21. The van der Waals surface area contributed by atoms with E-state index in [-0.39, 0.29) is 0 Å². The first-order chi connectivity index (χ1) is 8.86. The highest BCUT2D eigenvalue weighted by Gasteiger charge is 2.16. The molecule has 0 fully saturated rings. The van der Waals surface area contributed by atoms with Gasteiger partial charge in [0.2, 0.25) is 0 Å². The molecule has 0 saturated heterocycles. The van der Waals surface area contributed by atoms with E-state index in [2.05, 4.69) is 41.3 Å².